The Labute approximate surface area is 179 Å². The topological polar surface area (TPSA) is 119 Å². The third kappa shape index (κ3) is 7.34. The summed E-state index contributed by atoms with van der Waals surface area (Å²) < 4.78 is 27.1. The molecule has 1 saturated heterocycles. The van der Waals surface area contributed by atoms with Gasteiger partial charge in [-0.05, 0) is 58.1 Å². The van der Waals surface area contributed by atoms with Crippen LogP contribution < -0.4 is 11.1 Å². The maximum absolute atomic E-state index is 12.3. The SMILES string of the molecule is CC1(C(=O)[C@H](CC2=CCCCC2)NC(=O)CN)CO1.Cc1ccc(S(C)(=O)=O)cc1. The molecular weight excluding hydrogens is 404 g/mol. The molecule has 8 heteroatoms. The first-order valence-corrected chi connectivity index (χ1v) is 12.1. The summed E-state index contributed by atoms with van der Waals surface area (Å²) in [7, 11) is -3.02. The second kappa shape index (κ2) is 10.3. The number of ether oxygens (including phenoxy) is 1. The van der Waals surface area contributed by atoms with Crippen molar-refractivity contribution >= 4 is 21.5 Å². The zero-order valence-electron chi connectivity index (χ0n) is 17.9. The van der Waals surface area contributed by atoms with E-state index in [4.69, 9.17) is 10.5 Å². The average Bonchev–Trinajstić information content (AvgIpc) is 3.46. The van der Waals surface area contributed by atoms with Gasteiger partial charge < -0.3 is 15.8 Å². The zero-order valence-corrected chi connectivity index (χ0v) is 18.8. The summed E-state index contributed by atoms with van der Waals surface area (Å²) in [5, 5.41) is 2.73. The van der Waals surface area contributed by atoms with Gasteiger partial charge in [-0.15, -0.1) is 0 Å². The highest BCUT2D eigenvalue weighted by Gasteiger charge is 2.50. The summed E-state index contributed by atoms with van der Waals surface area (Å²) in [4.78, 5) is 24.2. The van der Waals surface area contributed by atoms with E-state index in [2.05, 4.69) is 11.4 Å². The minimum atomic E-state index is -3.02. The van der Waals surface area contributed by atoms with E-state index in [9.17, 15) is 18.0 Å². The summed E-state index contributed by atoms with van der Waals surface area (Å²) in [6.45, 7) is 4.04. The van der Waals surface area contributed by atoms with E-state index >= 15 is 0 Å². The fraction of sp³-hybridized carbons (Fsp3) is 0.545. The molecule has 0 radical (unpaired) electrons. The molecule has 1 unspecified atom stereocenters. The third-order valence-electron chi connectivity index (χ3n) is 5.24. The average molecular weight is 437 g/mol. The molecule has 1 heterocycles. The molecule has 30 heavy (non-hydrogen) atoms. The van der Waals surface area contributed by atoms with Crippen LogP contribution in [0.1, 0.15) is 44.6 Å². The number of aryl methyl sites for hydroxylation is 1. The number of ketones is 1. The highest BCUT2D eigenvalue weighted by atomic mass is 32.2. The number of rotatable bonds is 7. The van der Waals surface area contributed by atoms with Crippen molar-refractivity contribution in [2.75, 3.05) is 19.4 Å². The van der Waals surface area contributed by atoms with Crippen molar-refractivity contribution < 1.29 is 22.7 Å². The Hall–Kier alpha value is -2.03. The Bertz CT molecular complexity index is 887. The Morgan fingerprint density at radius 1 is 1.23 bits per heavy atom. The normalized spacial score (nSPS) is 21.5. The number of hydrogen-bond acceptors (Lipinski definition) is 6. The maximum atomic E-state index is 12.3. The molecule has 166 valence electrons. The van der Waals surface area contributed by atoms with Crippen molar-refractivity contribution in [1.82, 2.24) is 5.32 Å². The standard InChI is InChI=1S/C14H22N2O3.C8H10O2S/c1-14(9-19-14)13(18)11(16-12(17)8-15)7-10-5-3-2-4-6-10;1-7-3-5-8(6-4-7)11(2,9)10/h5,11H,2-4,6-9,15H2,1H3,(H,16,17);3-6H,1-2H3/t11-,14?;/m0./s1. The smallest absolute Gasteiger partial charge is 0.234 e. The van der Waals surface area contributed by atoms with Crippen LogP contribution in [0, 0.1) is 6.92 Å². The molecule has 0 aromatic heterocycles. The van der Waals surface area contributed by atoms with Gasteiger partial charge in [0.25, 0.3) is 0 Å². The van der Waals surface area contributed by atoms with E-state index in [0.717, 1.165) is 24.8 Å². The zero-order chi connectivity index (χ0) is 22.4. The Balaban J connectivity index is 0.000000248. The number of nitrogens with one attached hydrogen (secondary N) is 1. The van der Waals surface area contributed by atoms with E-state index in [1.165, 1.54) is 18.2 Å². The predicted octanol–water partition coefficient (Wildman–Crippen LogP) is 2.08. The van der Waals surface area contributed by atoms with Gasteiger partial charge in [0.1, 0.15) is 5.60 Å². The van der Waals surface area contributed by atoms with Crippen molar-refractivity contribution in [3.8, 4) is 0 Å². The molecular formula is C22H32N2O5S. The fourth-order valence-electron chi connectivity index (χ4n) is 3.22. The van der Waals surface area contributed by atoms with Crippen LogP contribution in [0.2, 0.25) is 0 Å². The van der Waals surface area contributed by atoms with Crippen molar-refractivity contribution in [3.05, 3.63) is 41.5 Å². The first-order valence-electron chi connectivity index (χ1n) is 10.2. The van der Waals surface area contributed by atoms with Gasteiger partial charge in [-0.1, -0.05) is 29.3 Å². The van der Waals surface area contributed by atoms with Gasteiger partial charge in [0.2, 0.25) is 5.91 Å². The van der Waals surface area contributed by atoms with E-state index in [-0.39, 0.29) is 18.2 Å². The molecule has 1 aliphatic heterocycles. The molecule has 1 aromatic rings. The fourth-order valence-corrected chi connectivity index (χ4v) is 3.85. The lowest BCUT2D eigenvalue weighted by atomic mass is 9.90. The highest BCUT2D eigenvalue weighted by Crippen LogP contribution is 2.31. The van der Waals surface area contributed by atoms with Crippen LogP contribution in [0.3, 0.4) is 0 Å². The number of amides is 1. The van der Waals surface area contributed by atoms with Crippen LogP contribution in [0.5, 0.6) is 0 Å². The molecule has 3 N–H and O–H groups in total. The number of carbonyl (C=O) groups excluding carboxylic acids is 2. The molecule has 1 fully saturated rings. The molecule has 0 saturated carbocycles. The second-order valence-corrected chi connectivity index (χ2v) is 10.1. The molecule has 1 amide bonds. The largest absolute Gasteiger partial charge is 0.361 e. The number of Topliss-reactive ketones (excluding diaryl/α,β-unsaturated/α-hetero) is 1. The summed E-state index contributed by atoms with van der Waals surface area (Å²) in [5.74, 6) is -0.334. The van der Waals surface area contributed by atoms with Crippen LogP contribution in [0.15, 0.2) is 40.8 Å². The minimum Gasteiger partial charge on any atom is -0.361 e. The summed E-state index contributed by atoms with van der Waals surface area (Å²) >= 11 is 0. The number of benzene rings is 1. The van der Waals surface area contributed by atoms with E-state index in [0.29, 0.717) is 17.9 Å². The Morgan fingerprint density at radius 3 is 2.33 bits per heavy atom. The number of epoxide rings is 1. The lowest BCUT2D eigenvalue weighted by Gasteiger charge is -2.22. The van der Waals surface area contributed by atoms with Crippen LogP contribution in [-0.4, -0.2) is 51.2 Å². The number of hydrogen-bond donors (Lipinski definition) is 2. The number of sulfone groups is 1. The second-order valence-electron chi connectivity index (χ2n) is 8.11. The van der Waals surface area contributed by atoms with Gasteiger partial charge in [0.05, 0.1) is 24.1 Å². The van der Waals surface area contributed by atoms with Crippen molar-refractivity contribution in [3.63, 3.8) is 0 Å². The van der Waals surface area contributed by atoms with Gasteiger partial charge >= 0.3 is 0 Å². The molecule has 3 rings (SSSR count). The number of carbonyl (C=O) groups is 2. The summed E-state index contributed by atoms with van der Waals surface area (Å²) in [6, 6.07) is 6.30. The molecule has 1 aromatic carbocycles. The van der Waals surface area contributed by atoms with Gasteiger partial charge in [-0.2, -0.15) is 0 Å². The molecule has 2 atom stereocenters. The van der Waals surface area contributed by atoms with Crippen LogP contribution >= 0.6 is 0 Å². The first-order chi connectivity index (χ1) is 14.0. The van der Waals surface area contributed by atoms with Crippen molar-refractivity contribution in [2.24, 2.45) is 5.73 Å². The van der Waals surface area contributed by atoms with Gasteiger partial charge in [0.15, 0.2) is 15.6 Å². The number of allylic oxidation sites excluding steroid dienone is 1. The summed E-state index contributed by atoms with van der Waals surface area (Å²) in [5.41, 5.74) is 6.93. The lowest BCUT2D eigenvalue weighted by Crippen LogP contribution is -2.48. The van der Waals surface area contributed by atoms with E-state index in [1.807, 2.05) is 6.92 Å². The maximum Gasteiger partial charge on any atom is 0.234 e. The van der Waals surface area contributed by atoms with Crippen molar-refractivity contribution in [1.29, 1.82) is 0 Å². The molecule has 2 aliphatic rings. The third-order valence-corrected chi connectivity index (χ3v) is 6.36. The van der Waals surface area contributed by atoms with Crippen LogP contribution in [-0.2, 0) is 24.2 Å². The minimum absolute atomic E-state index is 0.0410. The Morgan fingerprint density at radius 2 is 1.87 bits per heavy atom. The van der Waals surface area contributed by atoms with E-state index in [1.54, 1.807) is 31.2 Å². The van der Waals surface area contributed by atoms with Crippen LogP contribution in [0.25, 0.3) is 0 Å². The molecule has 7 nitrogen and oxygen atoms in total. The molecule has 0 bridgehead atoms. The lowest BCUT2D eigenvalue weighted by molar-refractivity contribution is -0.129. The predicted molar refractivity (Wildman–Crippen MR) is 116 cm³/mol. The molecule has 0 spiro atoms. The van der Waals surface area contributed by atoms with E-state index < -0.39 is 21.5 Å². The van der Waals surface area contributed by atoms with Gasteiger partial charge in [-0.3, -0.25) is 9.59 Å². The van der Waals surface area contributed by atoms with Gasteiger partial charge in [-0.25, -0.2) is 8.42 Å². The highest BCUT2D eigenvalue weighted by molar-refractivity contribution is 7.90. The van der Waals surface area contributed by atoms with Crippen molar-refractivity contribution in [2.45, 2.75) is 62.5 Å². The number of nitrogens with two attached hydrogens (primary N) is 1. The van der Waals surface area contributed by atoms with Gasteiger partial charge in [0, 0.05) is 6.26 Å². The first kappa shape index (κ1) is 24.2. The summed E-state index contributed by atoms with van der Waals surface area (Å²) in [6.07, 6.45) is 8.42. The molecule has 1 aliphatic carbocycles. The van der Waals surface area contributed by atoms with Crippen LogP contribution in [0.4, 0.5) is 0 Å². The quantitative estimate of drug-likeness (QED) is 0.499. The Kier molecular flexibility index (Phi) is 8.34. The monoisotopic (exact) mass is 436 g/mol.